The zero-order valence-corrected chi connectivity index (χ0v) is 19.6. The second kappa shape index (κ2) is 10.4. The van der Waals surface area contributed by atoms with Crippen molar-refractivity contribution in [2.45, 2.75) is 70.9 Å². The van der Waals surface area contributed by atoms with Crippen LogP contribution in [0.2, 0.25) is 0 Å². The second-order valence-corrected chi connectivity index (χ2v) is 10.3. The molecule has 0 fully saturated rings. The van der Waals surface area contributed by atoms with Gasteiger partial charge in [-0.2, -0.15) is 0 Å². The molecule has 2 N–H and O–H groups in total. The van der Waals surface area contributed by atoms with Crippen molar-refractivity contribution >= 4 is 21.9 Å². The van der Waals surface area contributed by atoms with Crippen molar-refractivity contribution in [3.05, 3.63) is 33.2 Å². The van der Waals surface area contributed by atoms with Gasteiger partial charge in [-0.05, 0) is 57.6 Å². The highest BCUT2D eigenvalue weighted by Crippen LogP contribution is 2.21. The molecular weight excluding hydrogens is 422 g/mol. The van der Waals surface area contributed by atoms with Gasteiger partial charge in [-0.25, -0.2) is 17.9 Å². The van der Waals surface area contributed by atoms with Crippen molar-refractivity contribution in [3.63, 3.8) is 0 Å². The molecule has 31 heavy (non-hydrogen) atoms. The lowest BCUT2D eigenvalue weighted by molar-refractivity contribution is -0.146. The highest BCUT2D eigenvalue weighted by molar-refractivity contribution is 7.88. The van der Waals surface area contributed by atoms with Gasteiger partial charge in [-0.3, -0.25) is 9.59 Å². The first kappa shape index (κ1) is 25.1. The lowest BCUT2D eigenvalue weighted by Crippen LogP contribution is -2.51. The number of aryl methyl sites for hydroxylation is 1. The molecule has 1 amide bonds. The predicted molar refractivity (Wildman–Crippen MR) is 118 cm³/mol. The summed E-state index contributed by atoms with van der Waals surface area (Å²) in [5, 5.41) is 2.59. The quantitative estimate of drug-likeness (QED) is 0.447. The summed E-state index contributed by atoms with van der Waals surface area (Å²) < 4.78 is 31.4. The van der Waals surface area contributed by atoms with E-state index in [9.17, 15) is 22.8 Å². The monoisotopic (exact) mass is 455 g/mol. The van der Waals surface area contributed by atoms with Gasteiger partial charge in [0.15, 0.2) is 0 Å². The van der Waals surface area contributed by atoms with Gasteiger partial charge < -0.3 is 14.6 Å². The maximum absolute atomic E-state index is 13.2. The molecule has 0 unspecified atom stereocenters. The van der Waals surface area contributed by atoms with Gasteiger partial charge in [0.2, 0.25) is 10.0 Å². The highest BCUT2D eigenvalue weighted by Gasteiger charge is 2.32. The number of methoxy groups -OCH3 is 1. The van der Waals surface area contributed by atoms with Gasteiger partial charge in [0.1, 0.15) is 11.1 Å². The Hall–Kier alpha value is -2.20. The van der Waals surface area contributed by atoms with Crippen LogP contribution in [0.25, 0.3) is 0 Å². The summed E-state index contributed by atoms with van der Waals surface area (Å²) in [6.45, 7) is 3.52. The number of pyridine rings is 1. The summed E-state index contributed by atoms with van der Waals surface area (Å²) in [5.74, 6) is -1.24. The third-order valence-corrected chi connectivity index (χ3v) is 6.12. The average molecular weight is 456 g/mol. The predicted octanol–water partition coefficient (Wildman–Crippen LogP) is 1.13. The molecule has 0 radical (unpaired) electrons. The zero-order chi connectivity index (χ0) is 23.2. The summed E-state index contributed by atoms with van der Waals surface area (Å²) in [7, 11) is -2.08. The lowest BCUT2D eigenvalue weighted by Gasteiger charge is -2.24. The van der Waals surface area contributed by atoms with Crippen molar-refractivity contribution in [1.29, 1.82) is 0 Å². The summed E-state index contributed by atoms with van der Waals surface area (Å²) >= 11 is 0. The summed E-state index contributed by atoms with van der Waals surface area (Å²) in [6.07, 6.45) is 7.09. The molecule has 1 aliphatic carbocycles. The molecular formula is C21H33N3O6S. The van der Waals surface area contributed by atoms with Crippen LogP contribution in [0, 0.1) is 0 Å². The molecule has 0 aromatic carbocycles. The lowest BCUT2D eigenvalue weighted by atomic mass is 9.95. The van der Waals surface area contributed by atoms with E-state index in [1.807, 2.05) is 0 Å². The number of amides is 1. The van der Waals surface area contributed by atoms with Crippen molar-refractivity contribution in [3.8, 4) is 0 Å². The van der Waals surface area contributed by atoms with E-state index in [-0.39, 0.29) is 12.1 Å². The molecule has 1 heterocycles. The Morgan fingerprint density at radius 3 is 2.42 bits per heavy atom. The van der Waals surface area contributed by atoms with E-state index >= 15 is 0 Å². The molecule has 1 aromatic heterocycles. The first-order valence-corrected chi connectivity index (χ1v) is 12.5. The van der Waals surface area contributed by atoms with E-state index < -0.39 is 33.0 Å². The number of ether oxygens (including phenoxy) is 1. The zero-order valence-electron chi connectivity index (χ0n) is 18.7. The van der Waals surface area contributed by atoms with Gasteiger partial charge in [-0.15, -0.1) is 0 Å². The van der Waals surface area contributed by atoms with E-state index in [2.05, 4.69) is 10.0 Å². The standard InChI is InChI=1S/C21H33N3O6S/c1-21(2,20(27)30-3)23-18(25)16-14-15-10-7-5-6-8-11-17(15)24(19(16)26)13-9-12-22-31(4,28)29/h14,22H,5-13H2,1-4H3,(H,23,25). The number of rotatable bonds is 8. The van der Waals surface area contributed by atoms with Gasteiger partial charge >= 0.3 is 5.97 Å². The van der Waals surface area contributed by atoms with Gasteiger partial charge in [-0.1, -0.05) is 12.8 Å². The Morgan fingerprint density at radius 2 is 1.81 bits per heavy atom. The number of carbonyl (C=O) groups is 2. The van der Waals surface area contributed by atoms with Crippen LogP contribution in [-0.2, 0) is 38.9 Å². The summed E-state index contributed by atoms with van der Waals surface area (Å²) in [5.41, 5.74) is 0.126. The molecule has 0 bridgehead atoms. The largest absolute Gasteiger partial charge is 0.467 e. The maximum Gasteiger partial charge on any atom is 0.330 e. The van der Waals surface area contributed by atoms with Gasteiger partial charge in [0.25, 0.3) is 11.5 Å². The van der Waals surface area contributed by atoms with Crippen molar-refractivity contribution < 1.29 is 22.7 Å². The van der Waals surface area contributed by atoms with Crippen LogP contribution in [0.5, 0.6) is 0 Å². The van der Waals surface area contributed by atoms with Crippen LogP contribution in [-0.4, -0.2) is 50.3 Å². The van der Waals surface area contributed by atoms with Gasteiger partial charge in [0, 0.05) is 18.8 Å². The topological polar surface area (TPSA) is 124 Å². The number of nitrogens with zero attached hydrogens (tertiary/aromatic N) is 1. The Labute approximate surface area is 183 Å². The molecule has 1 aromatic rings. The maximum atomic E-state index is 13.2. The van der Waals surface area contributed by atoms with Crippen molar-refractivity contribution in [2.24, 2.45) is 0 Å². The minimum Gasteiger partial charge on any atom is -0.467 e. The third kappa shape index (κ3) is 6.90. The van der Waals surface area contributed by atoms with Gasteiger partial charge in [0.05, 0.1) is 13.4 Å². The van der Waals surface area contributed by atoms with Crippen LogP contribution < -0.4 is 15.6 Å². The number of fused-ring (bicyclic) bond motifs is 1. The number of carbonyl (C=O) groups excluding carboxylic acids is 2. The Morgan fingerprint density at radius 1 is 1.16 bits per heavy atom. The number of sulfonamides is 1. The van der Waals surface area contributed by atoms with E-state index in [0.717, 1.165) is 56.0 Å². The molecule has 0 aliphatic heterocycles. The van der Waals surface area contributed by atoms with Crippen LogP contribution >= 0.6 is 0 Å². The van der Waals surface area contributed by atoms with E-state index in [0.29, 0.717) is 13.0 Å². The fourth-order valence-corrected chi connectivity index (χ4v) is 4.30. The number of hydrogen-bond donors (Lipinski definition) is 2. The molecule has 174 valence electrons. The Kier molecular flexibility index (Phi) is 8.41. The number of esters is 1. The Balaban J connectivity index is 2.40. The Bertz CT molecular complexity index is 982. The molecule has 9 nitrogen and oxygen atoms in total. The molecule has 0 atom stereocenters. The summed E-state index contributed by atoms with van der Waals surface area (Å²) in [6, 6.07) is 1.65. The van der Waals surface area contributed by atoms with Crippen LogP contribution in [0.3, 0.4) is 0 Å². The molecule has 10 heteroatoms. The molecule has 2 rings (SSSR count). The SMILES string of the molecule is COC(=O)C(C)(C)NC(=O)c1cc2c(n(CCCNS(C)(=O)=O)c1=O)CCCCCC2. The fourth-order valence-electron chi connectivity index (χ4n) is 3.79. The first-order chi connectivity index (χ1) is 14.5. The molecule has 1 aliphatic rings. The van der Waals surface area contributed by atoms with Crippen LogP contribution in [0.15, 0.2) is 10.9 Å². The molecule has 0 saturated heterocycles. The average Bonchev–Trinajstić information content (AvgIpc) is 2.65. The van der Waals surface area contributed by atoms with Crippen LogP contribution in [0.1, 0.15) is 67.6 Å². The van der Waals surface area contributed by atoms with Crippen LogP contribution in [0.4, 0.5) is 0 Å². The molecule has 0 spiro atoms. The third-order valence-electron chi connectivity index (χ3n) is 5.39. The number of nitrogens with one attached hydrogen (secondary N) is 2. The minimum absolute atomic E-state index is 0.0210. The van der Waals surface area contributed by atoms with E-state index in [1.165, 1.54) is 21.0 Å². The summed E-state index contributed by atoms with van der Waals surface area (Å²) in [4.78, 5) is 38.1. The molecule has 0 saturated carbocycles. The van der Waals surface area contributed by atoms with E-state index in [1.54, 1.807) is 10.6 Å². The van der Waals surface area contributed by atoms with Crippen molar-refractivity contribution in [2.75, 3.05) is 19.9 Å². The normalized spacial score (nSPS) is 14.8. The van der Waals surface area contributed by atoms with Crippen molar-refractivity contribution in [1.82, 2.24) is 14.6 Å². The first-order valence-electron chi connectivity index (χ1n) is 10.6. The number of aromatic nitrogens is 1. The highest BCUT2D eigenvalue weighted by atomic mass is 32.2. The number of hydrogen-bond acceptors (Lipinski definition) is 6. The minimum atomic E-state index is -3.31. The van der Waals surface area contributed by atoms with E-state index in [4.69, 9.17) is 4.74 Å². The fraction of sp³-hybridized carbons (Fsp3) is 0.667. The smallest absolute Gasteiger partial charge is 0.330 e. The second-order valence-electron chi connectivity index (χ2n) is 8.49.